The summed E-state index contributed by atoms with van der Waals surface area (Å²) in [6.45, 7) is 10.6. The molecule has 1 nitrogen and oxygen atoms in total. The van der Waals surface area contributed by atoms with Crippen molar-refractivity contribution in [2.75, 3.05) is 0 Å². The molecule has 0 atom stereocenters. The lowest BCUT2D eigenvalue weighted by molar-refractivity contribution is 0.497. The van der Waals surface area contributed by atoms with Crippen LogP contribution >= 0.6 is 0 Å². The van der Waals surface area contributed by atoms with Crippen molar-refractivity contribution in [3.8, 4) is 0 Å². The van der Waals surface area contributed by atoms with Crippen LogP contribution in [0.4, 0.5) is 0 Å². The van der Waals surface area contributed by atoms with Crippen molar-refractivity contribution in [3.63, 3.8) is 0 Å². The molecular formula is C9H18BN. The van der Waals surface area contributed by atoms with Crippen molar-refractivity contribution in [2.24, 2.45) is 10.4 Å². The molecule has 0 aromatic carbocycles. The predicted octanol–water partition coefficient (Wildman–Crippen LogP) is 1.99. The van der Waals surface area contributed by atoms with Gasteiger partial charge in [-0.3, -0.25) is 4.99 Å². The van der Waals surface area contributed by atoms with Crippen LogP contribution in [0, 0.1) is 5.41 Å². The second kappa shape index (κ2) is 3.75. The SMILES string of the molecule is B/C(C)=N/C(=C\C)C(C)(C)C. The lowest BCUT2D eigenvalue weighted by Gasteiger charge is -2.19. The maximum absolute atomic E-state index is 4.44. The molecule has 0 heterocycles. The van der Waals surface area contributed by atoms with E-state index < -0.39 is 0 Å². The third-order valence-corrected chi connectivity index (χ3v) is 1.39. The first-order valence-electron chi connectivity index (χ1n) is 4.06. The van der Waals surface area contributed by atoms with E-state index in [1.807, 2.05) is 21.7 Å². The molecular weight excluding hydrogens is 133 g/mol. The fraction of sp³-hybridized carbons (Fsp3) is 0.667. The first-order chi connectivity index (χ1) is 4.88. The van der Waals surface area contributed by atoms with Crippen LogP contribution in [0.5, 0.6) is 0 Å². The van der Waals surface area contributed by atoms with Gasteiger partial charge in [-0.1, -0.05) is 26.8 Å². The monoisotopic (exact) mass is 151 g/mol. The summed E-state index contributed by atoms with van der Waals surface area (Å²) >= 11 is 0. The molecule has 0 rings (SSSR count). The number of rotatable bonds is 1. The molecule has 0 aromatic rings. The standard InChI is InChI=1S/C9H18BN/c1-6-8(9(3,4)5)11-7(2)10/h6H,10H2,1-5H3/b8-6-,11-7+. The Kier molecular flexibility index (Phi) is 3.57. The van der Waals surface area contributed by atoms with Crippen molar-refractivity contribution >= 4 is 13.5 Å². The van der Waals surface area contributed by atoms with Gasteiger partial charge in [0.2, 0.25) is 0 Å². The molecule has 0 saturated heterocycles. The number of hydrogen-bond donors (Lipinski definition) is 0. The molecule has 0 saturated carbocycles. The van der Waals surface area contributed by atoms with Crippen LogP contribution in [-0.2, 0) is 0 Å². The van der Waals surface area contributed by atoms with Crippen molar-refractivity contribution in [1.29, 1.82) is 0 Å². The number of hydrogen-bond acceptors (Lipinski definition) is 1. The van der Waals surface area contributed by atoms with Crippen LogP contribution in [0.3, 0.4) is 0 Å². The Hall–Kier alpha value is -0.525. The summed E-state index contributed by atoms with van der Waals surface area (Å²) in [5.74, 6) is 0. The van der Waals surface area contributed by atoms with E-state index >= 15 is 0 Å². The Labute approximate surface area is 71.0 Å². The van der Waals surface area contributed by atoms with Gasteiger partial charge < -0.3 is 0 Å². The van der Waals surface area contributed by atoms with E-state index in [1.165, 1.54) is 0 Å². The molecule has 0 fully saturated rings. The van der Waals surface area contributed by atoms with Crippen LogP contribution in [0.15, 0.2) is 16.8 Å². The third kappa shape index (κ3) is 4.02. The van der Waals surface area contributed by atoms with Crippen molar-refractivity contribution in [3.05, 3.63) is 11.8 Å². The Morgan fingerprint density at radius 2 is 1.82 bits per heavy atom. The van der Waals surface area contributed by atoms with E-state index in [0.717, 1.165) is 11.3 Å². The Bertz CT molecular complexity index is 180. The first-order valence-corrected chi connectivity index (χ1v) is 4.06. The predicted molar refractivity (Wildman–Crippen MR) is 54.9 cm³/mol. The van der Waals surface area contributed by atoms with Crippen molar-refractivity contribution in [2.45, 2.75) is 34.6 Å². The second-order valence-corrected chi connectivity index (χ2v) is 3.98. The smallest absolute Gasteiger partial charge is 0.158 e. The topological polar surface area (TPSA) is 12.4 Å². The number of nitrogens with zero attached hydrogens (tertiary/aromatic N) is 1. The van der Waals surface area contributed by atoms with Gasteiger partial charge in [0.1, 0.15) is 0 Å². The number of aliphatic imine (C=N–C) groups is 1. The summed E-state index contributed by atoms with van der Waals surface area (Å²) in [5, 5.41) is 0. The van der Waals surface area contributed by atoms with Crippen LogP contribution in [0.1, 0.15) is 34.6 Å². The largest absolute Gasteiger partial charge is 0.273 e. The van der Waals surface area contributed by atoms with Gasteiger partial charge in [-0.15, -0.1) is 0 Å². The zero-order chi connectivity index (χ0) is 9.07. The first kappa shape index (κ1) is 10.5. The van der Waals surface area contributed by atoms with E-state index in [4.69, 9.17) is 0 Å². The zero-order valence-corrected chi connectivity index (χ0v) is 8.52. The molecule has 0 spiro atoms. The average molecular weight is 151 g/mol. The van der Waals surface area contributed by atoms with Gasteiger partial charge in [0.05, 0.1) is 0 Å². The second-order valence-electron chi connectivity index (χ2n) is 3.98. The van der Waals surface area contributed by atoms with E-state index in [0.29, 0.717) is 0 Å². The molecule has 0 aliphatic rings. The van der Waals surface area contributed by atoms with Gasteiger partial charge in [0.25, 0.3) is 0 Å². The van der Waals surface area contributed by atoms with Crippen molar-refractivity contribution in [1.82, 2.24) is 0 Å². The molecule has 62 valence electrons. The molecule has 0 aliphatic heterocycles. The lowest BCUT2D eigenvalue weighted by atomic mass is 9.91. The molecule has 0 radical (unpaired) electrons. The van der Waals surface area contributed by atoms with Gasteiger partial charge in [-0.05, 0) is 19.5 Å². The van der Waals surface area contributed by atoms with E-state index in [9.17, 15) is 0 Å². The highest BCUT2D eigenvalue weighted by Gasteiger charge is 2.14. The van der Waals surface area contributed by atoms with Crippen molar-refractivity contribution < 1.29 is 0 Å². The van der Waals surface area contributed by atoms with Crippen LogP contribution in [0.25, 0.3) is 0 Å². The average Bonchev–Trinajstić information content (AvgIpc) is 1.79. The minimum Gasteiger partial charge on any atom is -0.273 e. The van der Waals surface area contributed by atoms with Crippen LogP contribution in [-0.4, -0.2) is 13.5 Å². The quantitative estimate of drug-likeness (QED) is 0.401. The maximum atomic E-state index is 4.44. The minimum absolute atomic E-state index is 0.173. The highest BCUT2D eigenvalue weighted by Crippen LogP contribution is 2.25. The summed E-state index contributed by atoms with van der Waals surface area (Å²) in [7, 11) is 2.02. The third-order valence-electron chi connectivity index (χ3n) is 1.39. The highest BCUT2D eigenvalue weighted by molar-refractivity contribution is 6.59. The molecule has 0 bridgehead atoms. The fourth-order valence-electron chi connectivity index (χ4n) is 0.906. The molecule has 0 unspecified atom stereocenters. The number of allylic oxidation sites excluding steroid dienone is 2. The Balaban J connectivity index is 4.60. The summed E-state index contributed by atoms with van der Waals surface area (Å²) in [4.78, 5) is 4.44. The lowest BCUT2D eigenvalue weighted by Crippen LogP contribution is -2.09. The Morgan fingerprint density at radius 1 is 1.36 bits per heavy atom. The summed E-state index contributed by atoms with van der Waals surface area (Å²) < 4.78 is 0. The molecule has 0 N–H and O–H groups in total. The van der Waals surface area contributed by atoms with E-state index in [-0.39, 0.29) is 5.41 Å². The molecule has 11 heavy (non-hydrogen) atoms. The summed E-state index contributed by atoms with van der Waals surface area (Å²) in [5.41, 5.74) is 2.46. The van der Waals surface area contributed by atoms with Crippen LogP contribution in [0.2, 0.25) is 0 Å². The zero-order valence-electron chi connectivity index (χ0n) is 8.52. The summed E-state index contributed by atoms with van der Waals surface area (Å²) in [6, 6.07) is 0. The summed E-state index contributed by atoms with van der Waals surface area (Å²) in [6.07, 6.45) is 2.08. The van der Waals surface area contributed by atoms with Gasteiger partial charge in [0, 0.05) is 11.1 Å². The Morgan fingerprint density at radius 3 is 1.91 bits per heavy atom. The van der Waals surface area contributed by atoms with Gasteiger partial charge in [-0.2, -0.15) is 0 Å². The molecule has 0 amide bonds. The normalized spacial score (nSPS) is 15.4. The van der Waals surface area contributed by atoms with E-state index in [2.05, 4.69) is 31.8 Å². The van der Waals surface area contributed by atoms with Gasteiger partial charge in [0.15, 0.2) is 7.85 Å². The minimum atomic E-state index is 0.173. The molecule has 0 aliphatic carbocycles. The molecule has 0 aromatic heterocycles. The van der Waals surface area contributed by atoms with E-state index in [1.54, 1.807) is 0 Å². The maximum Gasteiger partial charge on any atom is 0.158 e. The fourth-order valence-corrected chi connectivity index (χ4v) is 0.906. The van der Waals surface area contributed by atoms with Crippen LogP contribution < -0.4 is 0 Å². The van der Waals surface area contributed by atoms with Gasteiger partial charge in [-0.25, -0.2) is 0 Å². The molecule has 2 heteroatoms. The van der Waals surface area contributed by atoms with Gasteiger partial charge >= 0.3 is 0 Å². The highest BCUT2D eigenvalue weighted by atomic mass is 14.8.